The zero-order chi connectivity index (χ0) is 22.0. The van der Waals surface area contributed by atoms with Gasteiger partial charge in [0.2, 0.25) is 5.95 Å². The summed E-state index contributed by atoms with van der Waals surface area (Å²) in [6.07, 6.45) is 2.60. The van der Waals surface area contributed by atoms with Crippen molar-refractivity contribution in [3.05, 3.63) is 52.3 Å². The molecule has 0 saturated heterocycles. The van der Waals surface area contributed by atoms with Crippen molar-refractivity contribution in [2.75, 3.05) is 18.5 Å². The monoisotopic (exact) mass is 415 g/mol. The van der Waals surface area contributed by atoms with E-state index in [0.29, 0.717) is 29.4 Å². The van der Waals surface area contributed by atoms with Crippen LogP contribution in [0.4, 0.5) is 5.95 Å². The summed E-state index contributed by atoms with van der Waals surface area (Å²) in [5.74, 6) is 7.23. The summed E-state index contributed by atoms with van der Waals surface area (Å²) in [5, 5.41) is 5.35. The second-order valence-electron chi connectivity index (χ2n) is 7.43. The van der Waals surface area contributed by atoms with E-state index in [4.69, 9.17) is 0 Å². The Hall–Kier alpha value is -3.73. The van der Waals surface area contributed by atoms with Crippen molar-refractivity contribution in [3.8, 4) is 11.8 Å². The van der Waals surface area contributed by atoms with Gasteiger partial charge in [-0.1, -0.05) is 31.0 Å². The first-order chi connectivity index (χ1) is 15.0. The summed E-state index contributed by atoms with van der Waals surface area (Å²) in [6.45, 7) is 7.24. The zero-order valence-electron chi connectivity index (χ0n) is 18.3. The Labute approximate surface area is 180 Å². The van der Waals surface area contributed by atoms with E-state index >= 15 is 0 Å². The highest BCUT2D eigenvalue weighted by Crippen LogP contribution is 2.19. The van der Waals surface area contributed by atoms with Crippen molar-refractivity contribution in [2.24, 2.45) is 0 Å². The molecule has 4 rings (SSSR count). The minimum atomic E-state index is -0.228. The molecule has 0 N–H and O–H groups in total. The number of anilines is 1. The van der Waals surface area contributed by atoms with E-state index < -0.39 is 0 Å². The molecular formula is C23H25N7O. The predicted molar refractivity (Wildman–Crippen MR) is 122 cm³/mol. The largest absolute Gasteiger partial charge is 0.345 e. The van der Waals surface area contributed by atoms with Crippen LogP contribution in [0.1, 0.15) is 31.8 Å². The van der Waals surface area contributed by atoms with Crippen LogP contribution in [0.3, 0.4) is 0 Å². The molecule has 0 bridgehead atoms. The summed E-state index contributed by atoms with van der Waals surface area (Å²) in [5.41, 5.74) is 2.56. The topological polar surface area (TPSA) is 81.7 Å². The number of rotatable bonds is 6. The molecule has 0 saturated carbocycles. The summed E-state index contributed by atoms with van der Waals surface area (Å²) in [4.78, 5) is 29.3. The highest BCUT2D eigenvalue weighted by atomic mass is 16.1. The fourth-order valence-corrected chi connectivity index (χ4v) is 3.72. The summed E-state index contributed by atoms with van der Waals surface area (Å²) in [7, 11) is 1.97. The van der Waals surface area contributed by atoms with Gasteiger partial charge in [0.1, 0.15) is 17.6 Å². The van der Waals surface area contributed by atoms with Gasteiger partial charge in [0.15, 0.2) is 5.82 Å². The number of fused-ring (bicyclic) bond motifs is 2. The van der Waals surface area contributed by atoms with Crippen molar-refractivity contribution in [1.82, 2.24) is 29.3 Å². The predicted octanol–water partition coefficient (Wildman–Crippen LogP) is 2.76. The smallest absolute Gasteiger partial charge is 0.293 e. The third-order valence-electron chi connectivity index (χ3n) is 5.18. The molecular weight excluding hydrogens is 390 g/mol. The number of hydrogen-bond acceptors (Lipinski definition) is 6. The van der Waals surface area contributed by atoms with Crippen LogP contribution in [0.5, 0.6) is 0 Å². The van der Waals surface area contributed by atoms with Gasteiger partial charge in [0.25, 0.3) is 5.56 Å². The molecule has 0 unspecified atom stereocenters. The Morgan fingerprint density at radius 1 is 1.13 bits per heavy atom. The molecule has 0 fully saturated rings. The molecule has 1 aromatic carbocycles. The quantitative estimate of drug-likeness (QED) is 0.451. The molecule has 8 heteroatoms. The van der Waals surface area contributed by atoms with E-state index in [0.717, 1.165) is 29.6 Å². The number of nitrogens with zero attached hydrogens (tertiary/aromatic N) is 7. The van der Waals surface area contributed by atoms with Gasteiger partial charge in [-0.15, -0.1) is 5.92 Å². The molecule has 3 aromatic heterocycles. The van der Waals surface area contributed by atoms with Gasteiger partial charge in [-0.05, 0) is 26.3 Å². The summed E-state index contributed by atoms with van der Waals surface area (Å²) in [6, 6.07) is 7.84. The van der Waals surface area contributed by atoms with Crippen molar-refractivity contribution in [3.63, 3.8) is 0 Å². The van der Waals surface area contributed by atoms with E-state index in [1.54, 1.807) is 13.1 Å². The van der Waals surface area contributed by atoms with Gasteiger partial charge < -0.3 is 4.90 Å². The second-order valence-corrected chi connectivity index (χ2v) is 7.43. The number of aromatic nitrogens is 6. The van der Waals surface area contributed by atoms with Crippen LogP contribution in [-0.4, -0.2) is 42.9 Å². The van der Waals surface area contributed by atoms with Crippen LogP contribution in [0.2, 0.25) is 0 Å². The maximum atomic E-state index is 13.4. The first-order valence-corrected chi connectivity index (χ1v) is 10.3. The van der Waals surface area contributed by atoms with Crippen LogP contribution in [-0.2, 0) is 13.1 Å². The van der Waals surface area contributed by atoms with Gasteiger partial charge in [0.05, 0.1) is 18.3 Å². The Bertz CT molecular complexity index is 1370. The van der Waals surface area contributed by atoms with Crippen LogP contribution in [0, 0.1) is 18.8 Å². The average molecular weight is 416 g/mol. The molecule has 0 aliphatic rings. The highest BCUT2D eigenvalue weighted by molar-refractivity contribution is 5.80. The zero-order valence-corrected chi connectivity index (χ0v) is 18.3. The van der Waals surface area contributed by atoms with E-state index in [2.05, 4.69) is 38.8 Å². The van der Waals surface area contributed by atoms with Crippen LogP contribution < -0.4 is 10.5 Å². The number of benzene rings is 1. The molecule has 0 atom stereocenters. The Balaban J connectivity index is 1.81. The number of imidazole rings is 1. The summed E-state index contributed by atoms with van der Waals surface area (Å²) < 4.78 is 3.27. The van der Waals surface area contributed by atoms with Crippen LogP contribution >= 0.6 is 0 Å². The first-order valence-electron chi connectivity index (χ1n) is 10.3. The molecule has 8 nitrogen and oxygen atoms in total. The number of para-hydroxylation sites is 1. The van der Waals surface area contributed by atoms with Crippen LogP contribution in [0.15, 0.2) is 35.3 Å². The minimum Gasteiger partial charge on any atom is -0.345 e. The second kappa shape index (κ2) is 8.56. The molecule has 0 radical (unpaired) electrons. The first kappa shape index (κ1) is 20.5. The Kier molecular flexibility index (Phi) is 5.67. The van der Waals surface area contributed by atoms with E-state index in [1.165, 1.54) is 4.68 Å². The third kappa shape index (κ3) is 3.87. The lowest BCUT2D eigenvalue weighted by molar-refractivity contribution is 0.618. The molecule has 3 heterocycles. The molecule has 0 aliphatic carbocycles. The standard InChI is InChI=1S/C23H25N7O/c1-5-7-13-29-21-19(27-23(29)28(4)12-6-2)14-24-30(22(21)31)15-20-25-16(3)17-10-8-9-11-18(17)26-20/h8-11,14H,6,12-13,15H2,1-4H3. The molecule has 4 aromatic rings. The Morgan fingerprint density at radius 2 is 1.94 bits per heavy atom. The van der Waals surface area contributed by atoms with Crippen LogP contribution in [0.25, 0.3) is 21.9 Å². The van der Waals surface area contributed by atoms with Gasteiger partial charge in [-0.3, -0.25) is 9.36 Å². The molecule has 0 aliphatic heterocycles. The fourth-order valence-electron chi connectivity index (χ4n) is 3.72. The van der Waals surface area contributed by atoms with Crippen molar-refractivity contribution in [2.45, 2.75) is 40.3 Å². The highest BCUT2D eigenvalue weighted by Gasteiger charge is 2.18. The lowest BCUT2D eigenvalue weighted by Gasteiger charge is -2.17. The van der Waals surface area contributed by atoms with Gasteiger partial charge in [0, 0.05) is 24.7 Å². The number of hydrogen-bond donors (Lipinski definition) is 0. The Morgan fingerprint density at radius 3 is 2.71 bits per heavy atom. The molecule has 31 heavy (non-hydrogen) atoms. The van der Waals surface area contributed by atoms with E-state index in [9.17, 15) is 4.79 Å². The van der Waals surface area contributed by atoms with Crippen molar-refractivity contribution in [1.29, 1.82) is 0 Å². The van der Waals surface area contributed by atoms with Gasteiger partial charge in [-0.25, -0.2) is 19.6 Å². The average Bonchev–Trinajstić information content (AvgIpc) is 3.14. The van der Waals surface area contributed by atoms with Crippen molar-refractivity contribution >= 4 is 27.9 Å². The fraction of sp³-hybridized carbons (Fsp3) is 0.348. The lowest BCUT2D eigenvalue weighted by Crippen LogP contribution is -2.27. The maximum Gasteiger partial charge on any atom is 0.293 e. The molecule has 0 amide bonds. The van der Waals surface area contributed by atoms with Crippen molar-refractivity contribution < 1.29 is 0 Å². The number of aryl methyl sites for hydroxylation is 1. The minimum absolute atomic E-state index is 0.186. The lowest BCUT2D eigenvalue weighted by atomic mass is 10.2. The molecule has 158 valence electrons. The summed E-state index contributed by atoms with van der Waals surface area (Å²) >= 11 is 0. The van der Waals surface area contributed by atoms with Gasteiger partial charge >= 0.3 is 0 Å². The maximum absolute atomic E-state index is 13.4. The van der Waals surface area contributed by atoms with E-state index in [1.807, 2.05) is 47.7 Å². The van der Waals surface area contributed by atoms with E-state index in [-0.39, 0.29) is 12.1 Å². The SMILES string of the molecule is CC#CCn1c(N(C)CCC)nc2cnn(Cc3nc(C)c4ccccc4n3)c(=O)c21. The van der Waals surface area contributed by atoms with Gasteiger partial charge in [-0.2, -0.15) is 5.10 Å². The normalized spacial score (nSPS) is 11.0. The third-order valence-corrected chi connectivity index (χ3v) is 5.18. The molecule has 0 spiro atoms.